The van der Waals surface area contributed by atoms with Crippen LogP contribution in [-0.4, -0.2) is 42.9 Å². The Hall–Kier alpha value is -1.88. The summed E-state index contributed by atoms with van der Waals surface area (Å²) < 4.78 is 0. The van der Waals surface area contributed by atoms with Crippen molar-refractivity contribution < 1.29 is 9.59 Å². The van der Waals surface area contributed by atoms with E-state index in [0.717, 1.165) is 31.9 Å². The first-order chi connectivity index (χ1) is 9.20. The fourth-order valence-electron chi connectivity index (χ4n) is 2.00. The molecule has 1 aliphatic heterocycles. The molecule has 0 unspecified atom stereocenters. The van der Waals surface area contributed by atoms with Gasteiger partial charge in [0.15, 0.2) is 0 Å². The van der Waals surface area contributed by atoms with Crippen LogP contribution in [0.2, 0.25) is 0 Å². The molecule has 5 heteroatoms. The van der Waals surface area contributed by atoms with Crippen molar-refractivity contribution in [3.63, 3.8) is 0 Å². The quantitative estimate of drug-likeness (QED) is 0.856. The number of amides is 2. The van der Waals surface area contributed by atoms with Crippen molar-refractivity contribution in [1.82, 2.24) is 10.2 Å². The van der Waals surface area contributed by atoms with E-state index < -0.39 is 0 Å². The highest BCUT2D eigenvalue weighted by Gasteiger charge is 2.17. The molecule has 0 radical (unpaired) electrons. The van der Waals surface area contributed by atoms with Gasteiger partial charge in [-0.25, -0.2) is 0 Å². The number of hydrogen-bond acceptors (Lipinski definition) is 3. The third kappa shape index (κ3) is 3.54. The van der Waals surface area contributed by atoms with Crippen LogP contribution in [0.25, 0.3) is 0 Å². The predicted octanol–water partition coefficient (Wildman–Crippen LogP) is 1.08. The van der Waals surface area contributed by atoms with Gasteiger partial charge in [-0.15, -0.1) is 0 Å². The summed E-state index contributed by atoms with van der Waals surface area (Å²) in [5.41, 5.74) is 1.39. The molecule has 0 saturated carbocycles. The Morgan fingerprint density at radius 2 is 1.84 bits per heavy atom. The number of hydrogen-bond donors (Lipinski definition) is 2. The van der Waals surface area contributed by atoms with Crippen LogP contribution in [0.4, 0.5) is 5.69 Å². The third-order valence-corrected chi connectivity index (χ3v) is 3.14. The topological polar surface area (TPSA) is 61.4 Å². The minimum Gasteiger partial charge on any atom is -0.336 e. The molecule has 19 heavy (non-hydrogen) atoms. The van der Waals surface area contributed by atoms with Gasteiger partial charge < -0.3 is 15.5 Å². The Bertz CT molecular complexity index is 450. The molecule has 102 valence electrons. The zero-order valence-electron chi connectivity index (χ0n) is 11.1. The molecule has 1 saturated heterocycles. The second kappa shape index (κ2) is 6.33. The van der Waals surface area contributed by atoms with Gasteiger partial charge in [0, 0.05) is 43.9 Å². The Balaban J connectivity index is 2.01. The Morgan fingerprint density at radius 3 is 2.42 bits per heavy atom. The fourth-order valence-corrected chi connectivity index (χ4v) is 2.00. The molecular weight excluding hydrogens is 242 g/mol. The maximum absolute atomic E-state index is 12.2. The molecule has 1 aromatic rings. The van der Waals surface area contributed by atoms with Crippen molar-refractivity contribution in [2.75, 3.05) is 31.5 Å². The molecule has 1 aliphatic rings. The highest BCUT2D eigenvalue weighted by Crippen LogP contribution is 2.12. The van der Waals surface area contributed by atoms with E-state index in [2.05, 4.69) is 10.6 Å². The van der Waals surface area contributed by atoms with Gasteiger partial charge in [-0.2, -0.15) is 0 Å². The lowest BCUT2D eigenvalue weighted by molar-refractivity contribution is -0.115. The van der Waals surface area contributed by atoms with E-state index in [-0.39, 0.29) is 11.8 Å². The summed E-state index contributed by atoms with van der Waals surface area (Å²) in [5, 5.41) is 5.98. The monoisotopic (exact) mass is 261 g/mol. The lowest BCUT2D eigenvalue weighted by Crippen LogP contribution is -2.46. The van der Waals surface area contributed by atoms with Crippen LogP contribution in [0.15, 0.2) is 24.3 Å². The van der Waals surface area contributed by atoms with Gasteiger partial charge in [0.1, 0.15) is 0 Å². The predicted molar refractivity (Wildman–Crippen MR) is 74.1 cm³/mol. The Kier molecular flexibility index (Phi) is 4.52. The number of anilines is 1. The first-order valence-corrected chi connectivity index (χ1v) is 6.60. The van der Waals surface area contributed by atoms with Crippen molar-refractivity contribution in [3.05, 3.63) is 29.8 Å². The molecule has 2 N–H and O–H groups in total. The van der Waals surface area contributed by atoms with Crippen LogP contribution in [0.1, 0.15) is 23.7 Å². The normalized spacial score (nSPS) is 15.1. The summed E-state index contributed by atoms with van der Waals surface area (Å²) in [4.78, 5) is 25.3. The fraction of sp³-hybridized carbons (Fsp3) is 0.429. The number of carbonyl (C=O) groups excluding carboxylic acids is 2. The van der Waals surface area contributed by atoms with E-state index in [1.54, 1.807) is 31.2 Å². The molecule has 0 aromatic heterocycles. The maximum atomic E-state index is 12.2. The highest BCUT2D eigenvalue weighted by atomic mass is 16.2. The van der Waals surface area contributed by atoms with E-state index in [0.29, 0.717) is 12.0 Å². The van der Waals surface area contributed by atoms with Crippen molar-refractivity contribution in [1.29, 1.82) is 0 Å². The average molecular weight is 261 g/mol. The minimum absolute atomic E-state index is 0.0267. The SMILES string of the molecule is CCC(=O)Nc1ccc(C(=O)N2CCNCC2)cc1. The summed E-state index contributed by atoms with van der Waals surface area (Å²) in [6, 6.07) is 7.05. The molecule has 0 bridgehead atoms. The lowest BCUT2D eigenvalue weighted by atomic mass is 10.1. The molecule has 2 rings (SSSR count). The van der Waals surface area contributed by atoms with Gasteiger partial charge in [-0.3, -0.25) is 9.59 Å². The van der Waals surface area contributed by atoms with E-state index in [9.17, 15) is 9.59 Å². The first-order valence-electron chi connectivity index (χ1n) is 6.60. The number of nitrogens with one attached hydrogen (secondary N) is 2. The van der Waals surface area contributed by atoms with Gasteiger partial charge in [-0.05, 0) is 24.3 Å². The number of piperazine rings is 1. The Morgan fingerprint density at radius 1 is 1.21 bits per heavy atom. The van der Waals surface area contributed by atoms with E-state index in [4.69, 9.17) is 0 Å². The van der Waals surface area contributed by atoms with Gasteiger partial charge >= 0.3 is 0 Å². The molecule has 0 spiro atoms. The van der Waals surface area contributed by atoms with Crippen LogP contribution >= 0.6 is 0 Å². The van der Waals surface area contributed by atoms with Gasteiger partial charge in [0.2, 0.25) is 5.91 Å². The average Bonchev–Trinajstić information content (AvgIpc) is 2.48. The van der Waals surface area contributed by atoms with Crippen LogP contribution < -0.4 is 10.6 Å². The number of nitrogens with zero attached hydrogens (tertiary/aromatic N) is 1. The van der Waals surface area contributed by atoms with Gasteiger partial charge in [0.25, 0.3) is 5.91 Å². The summed E-state index contributed by atoms with van der Waals surface area (Å²) in [6.07, 6.45) is 0.446. The molecule has 0 atom stereocenters. The van der Waals surface area contributed by atoms with E-state index in [1.165, 1.54) is 0 Å². The Labute approximate surface area is 113 Å². The number of carbonyl (C=O) groups is 2. The van der Waals surface area contributed by atoms with Crippen molar-refractivity contribution in [2.24, 2.45) is 0 Å². The number of benzene rings is 1. The minimum atomic E-state index is -0.0267. The first kappa shape index (κ1) is 13.5. The second-order valence-corrected chi connectivity index (χ2v) is 4.52. The maximum Gasteiger partial charge on any atom is 0.253 e. The standard InChI is InChI=1S/C14H19N3O2/c1-2-13(18)16-12-5-3-11(4-6-12)14(19)17-9-7-15-8-10-17/h3-6,15H,2,7-10H2,1H3,(H,16,18). The summed E-state index contributed by atoms with van der Waals surface area (Å²) in [5.74, 6) is 0.0241. The molecule has 5 nitrogen and oxygen atoms in total. The van der Waals surface area contributed by atoms with Crippen LogP contribution in [-0.2, 0) is 4.79 Å². The second-order valence-electron chi connectivity index (χ2n) is 4.52. The van der Waals surface area contributed by atoms with Crippen molar-refractivity contribution in [3.8, 4) is 0 Å². The zero-order chi connectivity index (χ0) is 13.7. The van der Waals surface area contributed by atoms with Crippen LogP contribution in [0, 0.1) is 0 Å². The van der Waals surface area contributed by atoms with Gasteiger partial charge in [0.05, 0.1) is 0 Å². The summed E-state index contributed by atoms with van der Waals surface area (Å²) in [6.45, 7) is 4.98. The summed E-state index contributed by atoms with van der Waals surface area (Å²) in [7, 11) is 0. The molecular formula is C14H19N3O2. The molecule has 0 aliphatic carbocycles. The highest BCUT2D eigenvalue weighted by molar-refractivity contribution is 5.95. The smallest absolute Gasteiger partial charge is 0.253 e. The molecule has 1 fully saturated rings. The van der Waals surface area contributed by atoms with Crippen molar-refractivity contribution in [2.45, 2.75) is 13.3 Å². The molecule has 1 heterocycles. The molecule has 1 aromatic carbocycles. The van der Waals surface area contributed by atoms with E-state index >= 15 is 0 Å². The van der Waals surface area contributed by atoms with Gasteiger partial charge in [-0.1, -0.05) is 6.92 Å². The zero-order valence-corrected chi connectivity index (χ0v) is 11.1. The third-order valence-electron chi connectivity index (χ3n) is 3.14. The lowest BCUT2D eigenvalue weighted by Gasteiger charge is -2.27. The molecule has 2 amide bonds. The van der Waals surface area contributed by atoms with Crippen LogP contribution in [0.5, 0.6) is 0 Å². The largest absolute Gasteiger partial charge is 0.336 e. The summed E-state index contributed by atoms with van der Waals surface area (Å²) >= 11 is 0. The van der Waals surface area contributed by atoms with Crippen molar-refractivity contribution >= 4 is 17.5 Å². The van der Waals surface area contributed by atoms with Crippen LogP contribution in [0.3, 0.4) is 0 Å². The number of rotatable bonds is 3. The van der Waals surface area contributed by atoms with E-state index in [1.807, 2.05) is 4.90 Å².